The van der Waals surface area contributed by atoms with Crippen LogP contribution < -0.4 is 0 Å². The van der Waals surface area contributed by atoms with Crippen molar-refractivity contribution in [3.63, 3.8) is 0 Å². The summed E-state index contributed by atoms with van der Waals surface area (Å²) in [4.78, 5) is 11.9. The van der Waals surface area contributed by atoms with E-state index < -0.39 is 17.4 Å². The average Bonchev–Trinajstić information content (AvgIpc) is 3.39. The molecule has 7 rings (SSSR count). The fourth-order valence-corrected chi connectivity index (χ4v) is 6.07. The number of benzene rings is 4. The highest BCUT2D eigenvalue weighted by Crippen LogP contribution is 2.62. The van der Waals surface area contributed by atoms with Crippen LogP contribution >= 0.6 is 0 Å². The number of fused-ring (bicyclic) bond motifs is 10. The molecule has 0 fully saturated rings. The molecule has 5 aromatic rings. The van der Waals surface area contributed by atoms with Gasteiger partial charge in [0.25, 0.3) is 0 Å². The predicted octanol–water partition coefficient (Wildman–Crippen LogP) is 7.46. The zero-order valence-corrected chi connectivity index (χ0v) is 19.8. The van der Waals surface area contributed by atoms with Crippen molar-refractivity contribution < 1.29 is 13.2 Å². The van der Waals surface area contributed by atoms with Crippen LogP contribution in [0.3, 0.4) is 0 Å². The lowest BCUT2D eigenvalue weighted by Crippen LogP contribution is -2.25. The first-order valence-corrected chi connectivity index (χ1v) is 12.2. The second-order valence-corrected chi connectivity index (χ2v) is 9.40. The van der Waals surface area contributed by atoms with Crippen LogP contribution in [-0.2, 0) is 18.0 Å². The Morgan fingerprint density at radius 2 is 1.14 bits per heavy atom. The Morgan fingerprint density at radius 1 is 0.622 bits per heavy atom. The minimum atomic E-state index is -4.65. The summed E-state index contributed by atoms with van der Waals surface area (Å²) < 4.78 is 40.9. The fraction of sp³-hybridized carbons (Fsp3) is 0.129. The molecule has 180 valence electrons. The summed E-state index contributed by atoms with van der Waals surface area (Å²) in [6.07, 6.45) is -4.38. The molecule has 3 nitrogen and oxygen atoms in total. The lowest BCUT2D eigenvalue weighted by atomic mass is 9.70. The van der Waals surface area contributed by atoms with Crippen LogP contribution in [0.5, 0.6) is 0 Å². The first kappa shape index (κ1) is 21.9. The molecule has 4 aromatic carbocycles. The molecular formula is C31H20F3N3. The van der Waals surface area contributed by atoms with Crippen LogP contribution in [0.25, 0.3) is 33.6 Å². The maximum Gasteiger partial charge on any atom is 0.451 e. The SMILES string of the molecule is CCc1nc(-c2ccc3c(c2)C2(c4ccccc4-c4ccccc42)c2ccccc2-3)nc(C(F)(F)F)n1. The molecule has 0 aliphatic heterocycles. The Labute approximate surface area is 211 Å². The van der Waals surface area contributed by atoms with Crippen molar-refractivity contribution in [3.05, 3.63) is 125 Å². The Bertz CT molecular complexity index is 1660. The van der Waals surface area contributed by atoms with Gasteiger partial charge in [0.1, 0.15) is 5.82 Å². The quantitative estimate of drug-likeness (QED) is 0.252. The van der Waals surface area contributed by atoms with E-state index in [-0.39, 0.29) is 18.1 Å². The number of alkyl halides is 3. The first-order chi connectivity index (χ1) is 17.9. The molecule has 1 aromatic heterocycles. The average molecular weight is 492 g/mol. The number of hydrogen-bond acceptors (Lipinski definition) is 3. The van der Waals surface area contributed by atoms with Gasteiger partial charge in [0.2, 0.25) is 5.82 Å². The molecule has 0 radical (unpaired) electrons. The van der Waals surface area contributed by atoms with Gasteiger partial charge in [0.05, 0.1) is 5.41 Å². The third kappa shape index (κ3) is 2.92. The summed E-state index contributed by atoms with van der Waals surface area (Å²) in [6.45, 7) is 1.74. The van der Waals surface area contributed by atoms with Gasteiger partial charge >= 0.3 is 6.18 Å². The van der Waals surface area contributed by atoms with E-state index >= 15 is 0 Å². The zero-order chi connectivity index (χ0) is 25.4. The van der Waals surface area contributed by atoms with Crippen molar-refractivity contribution in [3.8, 4) is 33.6 Å². The van der Waals surface area contributed by atoms with E-state index in [0.717, 1.165) is 16.7 Å². The Balaban J connectivity index is 1.55. The molecule has 2 aliphatic carbocycles. The van der Waals surface area contributed by atoms with Crippen molar-refractivity contribution in [2.75, 3.05) is 0 Å². The van der Waals surface area contributed by atoms with Gasteiger partial charge < -0.3 is 0 Å². The second kappa shape index (κ2) is 7.59. The molecule has 2 aliphatic rings. The highest BCUT2D eigenvalue weighted by Gasteiger charge is 2.51. The summed E-state index contributed by atoms with van der Waals surface area (Å²) in [5.41, 5.74) is 9.00. The van der Waals surface area contributed by atoms with Gasteiger partial charge in [-0.3, -0.25) is 0 Å². The largest absolute Gasteiger partial charge is 0.451 e. The molecule has 0 amide bonds. The second-order valence-electron chi connectivity index (χ2n) is 9.40. The van der Waals surface area contributed by atoms with E-state index in [1.807, 2.05) is 54.6 Å². The van der Waals surface area contributed by atoms with Crippen LogP contribution in [0.4, 0.5) is 13.2 Å². The third-order valence-electron chi connectivity index (χ3n) is 7.51. The van der Waals surface area contributed by atoms with E-state index in [1.165, 1.54) is 27.8 Å². The first-order valence-electron chi connectivity index (χ1n) is 12.2. The fourth-order valence-electron chi connectivity index (χ4n) is 6.07. The molecule has 0 atom stereocenters. The van der Waals surface area contributed by atoms with Gasteiger partial charge in [0.15, 0.2) is 5.82 Å². The van der Waals surface area contributed by atoms with E-state index in [1.54, 1.807) is 6.92 Å². The number of halogens is 3. The summed E-state index contributed by atoms with van der Waals surface area (Å²) in [6, 6.07) is 30.9. The Kier molecular flexibility index (Phi) is 4.50. The van der Waals surface area contributed by atoms with Crippen molar-refractivity contribution in [1.29, 1.82) is 0 Å². The van der Waals surface area contributed by atoms with Gasteiger partial charge in [-0.15, -0.1) is 0 Å². The monoisotopic (exact) mass is 491 g/mol. The molecule has 0 saturated heterocycles. The summed E-state index contributed by atoms with van der Waals surface area (Å²) in [5.74, 6) is -1.01. The predicted molar refractivity (Wildman–Crippen MR) is 136 cm³/mol. The number of nitrogens with zero attached hydrogens (tertiary/aromatic N) is 3. The molecule has 0 saturated carbocycles. The summed E-state index contributed by atoms with van der Waals surface area (Å²) >= 11 is 0. The lowest BCUT2D eigenvalue weighted by molar-refractivity contribution is -0.145. The molecule has 0 N–H and O–H groups in total. The highest BCUT2D eigenvalue weighted by atomic mass is 19.4. The number of aromatic nitrogens is 3. The van der Waals surface area contributed by atoms with Gasteiger partial charge in [-0.2, -0.15) is 13.2 Å². The van der Waals surface area contributed by atoms with Crippen LogP contribution in [0, 0.1) is 0 Å². The van der Waals surface area contributed by atoms with Gasteiger partial charge in [0, 0.05) is 12.0 Å². The van der Waals surface area contributed by atoms with Gasteiger partial charge in [-0.25, -0.2) is 15.0 Å². The third-order valence-corrected chi connectivity index (χ3v) is 7.51. The van der Waals surface area contributed by atoms with E-state index in [0.29, 0.717) is 5.56 Å². The maximum atomic E-state index is 13.6. The molecule has 1 spiro atoms. The summed E-state index contributed by atoms with van der Waals surface area (Å²) in [5, 5.41) is 0. The maximum absolute atomic E-state index is 13.6. The van der Waals surface area contributed by atoms with E-state index in [9.17, 15) is 13.2 Å². The molecule has 0 unspecified atom stereocenters. The standard InChI is InChI=1S/C31H20F3N3/c1-2-27-35-28(37-29(36-27)31(32,33)34)18-15-16-22-21-11-5-8-14-25(21)30(26(22)17-18)23-12-6-3-9-19(23)20-10-4-7-13-24(20)30/h3-17H,2H2,1H3. The zero-order valence-electron chi connectivity index (χ0n) is 19.8. The Morgan fingerprint density at radius 3 is 1.65 bits per heavy atom. The number of rotatable bonds is 2. The van der Waals surface area contributed by atoms with Crippen molar-refractivity contribution >= 4 is 0 Å². The van der Waals surface area contributed by atoms with Crippen molar-refractivity contribution in [2.45, 2.75) is 24.9 Å². The van der Waals surface area contributed by atoms with E-state index in [2.05, 4.69) is 51.4 Å². The van der Waals surface area contributed by atoms with Crippen molar-refractivity contribution in [2.24, 2.45) is 0 Å². The normalized spacial score (nSPS) is 14.3. The smallest absolute Gasteiger partial charge is 0.213 e. The molecule has 6 heteroatoms. The number of hydrogen-bond donors (Lipinski definition) is 0. The summed E-state index contributed by atoms with van der Waals surface area (Å²) in [7, 11) is 0. The Hall–Kier alpha value is -4.32. The van der Waals surface area contributed by atoms with Crippen molar-refractivity contribution in [1.82, 2.24) is 15.0 Å². The van der Waals surface area contributed by atoms with Crippen LogP contribution in [0.1, 0.15) is 40.8 Å². The van der Waals surface area contributed by atoms with Crippen LogP contribution in [0.15, 0.2) is 91.0 Å². The molecule has 0 bridgehead atoms. The van der Waals surface area contributed by atoms with Crippen LogP contribution in [-0.4, -0.2) is 15.0 Å². The van der Waals surface area contributed by atoms with E-state index in [4.69, 9.17) is 0 Å². The topological polar surface area (TPSA) is 38.7 Å². The van der Waals surface area contributed by atoms with Crippen LogP contribution in [0.2, 0.25) is 0 Å². The molecule has 37 heavy (non-hydrogen) atoms. The minimum absolute atomic E-state index is 0.0349. The molecule has 1 heterocycles. The van der Waals surface area contributed by atoms with Gasteiger partial charge in [-0.05, 0) is 50.6 Å². The van der Waals surface area contributed by atoms with Gasteiger partial charge in [-0.1, -0.05) is 91.9 Å². The number of aryl methyl sites for hydroxylation is 1. The lowest BCUT2D eigenvalue weighted by Gasteiger charge is -2.30. The highest BCUT2D eigenvalue weighted by molar-refractivity contribution is 5.95. The minimum Gasteiger partial charge on any atom is -0.213 e. The molecular weight excluding hydrogens is 471 g/mol.